The Bertz CT molecular complexity index is 1030. The molecule has 6 heterocycles. The van der Waals surface area contributed by atoms with E-state index in [1.54, 1.807) is 16.8 Å². The van der Waals surface area contributed by atoms with Gasteiger partial charge in [0.05, 0.1) is 6.04 Å². The maximum Gasteiger partial charge on any atom is 0.254 e. The Morgan fingerprint density at radius 1 is 1.04 bits per heavy atom. The number of fused-ring (bicyclic) bond motifs is 3. The topological polar surface area (TPSA) is 66.6 Å². The SMILES string of the molecule is O=C(c1ccn2nnnc2c1)N1C[C@H](c2ccccc2)[C@H]2[C@@H]1C1CCN2CC1. The quantitative estimate of drug-likeness (QED) is 0.685. The standard InChI is InChI=1S/C21H22N6O/c28-21(16-8-11-27-18(12-16)22-23-24-27)26-13-17(14-4-2-1-3-5-14)20-19(26)15-6-9-25(20)10-7-15/h1-5,8,11-12,15,17,19-20H,6-7,9-10,13H2/t17-,19+,20+/m1/s1. The number of tetrazole rings is 1. The second kappa shape index (κ2) is 6.10. The lowest BCUT2D eigenvalue weighted by Gasteiger charge is -2.51. The largest absolute Gasteiger partial charge is 0.333 e. The summed E-state index contributed by atoms with van der Waals surface area (Å²) in [5.74, 6) is 1.08. The van der Waals surface area contributed by atoms with E-state index in [1.165, 1.54) is 18.4 Å². The average molecular weight is 374 g/mol. The van der Waals surface area contributed by atoms with Crippen LogP contribution in [0.4, 0.5) is 0 Å². The van der Waals surface area contributed by atoms with Crippen LogP contribution in [0.15, 0.2) is 48.7 Å². The molecule has 7 heteroatoms. The molecule has 0 spiro atoms. The lowest BCUT2D eigenvalue weighted by molar-refractivity contribution is -0.00340. The summed E-state index contributed by atoms with van der Waals surface area (Å²) in [5.41, 5.74) is 2.62. The second-order valence-electron chi connectivity index (χ2n) is 8.23. The van der Waals surface area contributed by atoms with Crippen LogP contribution < -0.4 is 0 Å². The molecule has 7 nitrogen and oxygen atoms in total. The first-order valence-corrected chi connectivity index (χ1v) is 10.1. The van der Waals surface area contributed by atoms with Gasteiger partial charge in [-0.05, 0) is 60.0 Å². The smallest absolute Gasteiger partial charge is 0.254 e. The highest BCUT2D eigenvalue weighted by Crippen LogP contribution is 2.46. The molecule has 4 aliphatic rings. The summed E-state index contributed by atoms with van der Waals surface area (Å²) in [6.07, 6.45) is 4.15. The van der Waals surface area contributed by atoms with Gasteiger partial charge in [0.2, 0.25) is 0 Å². The number of piperidine rings is 3. The van der Waals surface area contributed by atoms with E-state index < -0.39 is 0 Å². The highest BCUT2D eigenvalue weighted by atomic mass is 16.2. The van der Waals surface area contributed by atoms with Gasteiger partial charge >= 0.3 is 0 Å². The third kappa shape index (κ3) is 2.32. The van der Waals surface area contributed by atoms with Gasteiger partial charge < -0.3 is 4.90 Å². The van der Waals surface area contributed by atoms with E-state index in [9.17, 15) is 4.79 Å². The fourth-order valence-electron chi connectivity index (χ4n) is 5.69. The number of nitrogens with zero attached hydrogens (tertiary/aromatic N) is 6. The molecule has 7 rings (SSSR count). The molecule has 1 amide bonds. The number of amides is 1. The van der Waals surface area contributed by atoms with Gasteiger partial charge in [0.1, 0.15) is 0 Å². The molecule has 28 heavy (non-hydrogen) atoms. The van der Waals surface area contributed by atoms with Crippen molar-refractivity contribution in [3.63, 3.8) is 0 Å². The van der Waals surface area contributed by atoms with Gasteiger partial charge in [-0.25, -0.2) is 4.52 Å². The van der Waals surface area contributed by atoms with Gasteiger partial charge in [-0.15, -0.1) is 5.10 Å². The molecule has 4 aliphatic heterocycles. The number of hydrogen-bond donors (Lipinski definition) is 0. The maximum absolute atomic E-state index is 13.6. The normalized spacial score (nSPS) is 31.3. The third-order valence-corrected chi connectivity index (χ3v) is 6.93. The summed E-state index contributed by atoms with van der Waals surface area (Å²) in [4.78, 5) is 18.3. The van der Waals surface area contributed by atoms with Crippen LogP contribution in [0.5, 0.6) is 0 Å². The molecule has 0 unspecified atom stereocenters. The summed E-state index contributed by atoms with van der Waals surface area (Å²) >= 11 is 0. The molecule has 0 saturated carbocycles. The Kier molecular flexibility index (Phi) is 3.53. The van der Waals surface area contributed by atoms with Crippen molar-refractivity contribution in [1.82, 2.24) is 29.8 Å². The lowest BCUT2D eigenvalue weighted by Crippen LogP contribution is -2.60. The van der Waals surface area contributed by atoms with Crippen LogP contribution in [0.2, 0.25) is 0 Å². The number of benzene rings is 1. The average Bonchev–Trinajstić information content (AvgIpc) is 3.40. The number of rotatable bonds is 2. The minimum Gasteiger partial charge on any atom is -0.333 e. The van der Waals surface area contributed by atoms with Crippen molar-refractivity contribution in [2.75, 3.05) is 19.6 Å². The molecule has 3 atom stereocenters. The van der Waals surface area contributed by atoms with Gasteiger partial charge in [-0.1, -0.05) is 30.3 Å². The predicted molar refractivity (Wildman–Crippen MR) is 103 cm³/mol. The van der Waals surface area contributed by atoms with Crippen molar-refractivity contribution >= 4 is 11.6 Å². The van der Waals surface area contributed by atoms with Gasteiger partial charge in [-0.2, -0.15) is 0 Å². The Morgan fingerprint density at radius 3 is 2.68 bits per heavy atom. The van der Waals surface area contributed by atoms with Crippen LogP contribution in [-0.2, 0) is 0 Å². The summed E-state index contributed by atoms with van der Waals surface area (Å²) in [6.45, 7) is 3.10. The summed E-state index contributed by atoms with van der Waals surface area (Å²) in [7, 11) is 0. The van der Waals surface area contributed by atoms with Crippen molar-refractivity contribution in [3.8, 4) is 0 Å². The number of pyridine rings is 1. The fraction of sp³-hybridized carbons (Fsp3) is 0.429. The number of aromatic nitrogens is 4. The summed E-state index contributed by atoms with van der Waals surface area (Å²) in [5, 5.41) is 11.6. The van der Waals surface area contributed by atoms with Gasteiger partial charge in [0.15, 0.2) is 5.65 Å². The van der Waals surface area contributed by atoms with Crippen molar-refractivity contribution in [2.45, 2.75) is 30.8 Å². The number of carbonyl (C=O) groups is 1. The van der Waals surface area contributed by atoms with Crippen LogP contribution in [0.1, 0.15) is 34.7 Å². The third-order valence-electron chi connectivity index (χ3n) is 6.93. The number of carbonyl (C=O) groups excluding carboxylic acids is 1. The van der Waals surface area contributed by atoms with E-state index in [-0.39, 0.29) is 5.91 Å². The molecular weight excluding hydrogens is 352 g/mol. The van der Waals surface area contributed by atoms with Crippen molar-refractivity contribution < 1.29 is 4.79 Å². The maximum atomic E-state index is 13.6. The zero-order chi connectivity index (χ0) is 18.7. The Morgan fingerprint density at radius 2 is 1.86 bits per heavy atom. The van der Waals surface area contributed by atoms with Crippen molar-refractivity contribution in [2.24, 2.45) is 5.92 Å². The summed E-state index contributed by atoms with van der Waals surface area (Å²) < 4.78 is 1.59. The van der Waals surface area contributed by atoms with Crippen molar-refractivity contribution in [3.05, 3.63) is 59.8 Å². The number of hydrogen-bond acceptors (Lipinski definition) is 5. The van der Waals surface area contributed by atoms with Crippen LogP contribution in [0.25, 0.3) is 5.65 Å². The van der Waals surface area contributed by atoms with Crippen LogP contribution >= 0.6 is 0 Å². The van der Waals surface area contributed by atoms with Crippen LogP contribution in [0, 0.1) is 5.92 Å². The highest BCUT2D eigenvalue weighted by molar-refractivity contribution is 5.95. The zero-order valence-corrected chi connectivity index (χ0v) is 15.6. The fourth-order valence-corrected chi connectivity index (χ4v) is 5.69. The first kappa shape index (κ1) is 16.2. The van der Waals surface area contributed by atoms with Gasteiger partial charge in [-0.3, -0.25) is 9.69 Å². The van der Waals surface area contributed by atoms with Crippen molar-refractivity contribution in [1.29, 1.82) is 0 Å². The second-order valence-corrected chi connectivity index (χ2v) is 8.23. The van der Waals surface area contributed by atoms with E-state index in [0.717, 1.165) is 19.6 Å². The molecule has 1 aromatic carbocycles. The minimum atomic E-state index is 0.104. The molecule has 142 valence electrons. The van der Waals surface area contributed by atoms with Gasteiger partial charge in [0.25, 0.3) is 5.91 Å². The van der Waals surface area contributed by atoms with Gasteiger partial charge in [0, 0.05) is 30.3 Å². The molecule has 0 aliphatic carbocycles. The Labute approximate surface area is 162 Å². The molecule has 2 bridgehead atoms. The molecule has 0 N–H and O–H groups in total. The molecular formula is C21H22N6O. The van der Waals surface area contributed by atoms with E-state index >= 15 is 0 Å². The molecule has 2 aromatic heterocycles. The molecule has 4 saturated heterocycles. The first-order valence-electron chi connectivity index (χ1n) is 10.1. The minimum absolute atomic E-state index is 0.104. The molecule has 0 radical (unpaired) electrons. The first-order chi connectivity index (χ1) is 13.8. The lowest BCUT2D eigenvalue weighted by atomic mass is 9.75. The van der Waals surface area contributed by atoms with E-state index in [1.807, 2.05) is 6.07 Å². The Hall–Kier alpha value is -2.80. The molecule has 4 fully saturated rings. The summed E-state index contributed by atoms with van der Waals surface area (Å²) in [6, 6.07) is 15.1. The predicted octanol–water partition coefficient (Wildman–Crippen LogP) is 1.83. The Balaban J connectivity index is 1.39. The number of likely N-dealkylation sites (tertiary alicyclic amines) is 1. The molecule has 3 aromatic rings. The van der Waals surface area contributed by atoms with Crippen LogP contribution in [-0.4, -0.2) is 67.5 Å². The van der Waals surface area contributed by atoms with Crippen LogP contribution in [0.3, 0.4) is 0 Å². The highest BCUT2D eigenvalue weighted by Gasteiger charge is 2.54. The van der Waals surface area contributed by atoms with E-state index in [0.29, 0.717) is 35.1 Å². The van der Waals surface area contributed by atoms with E-state index in [2.05, 4.69) is 55.7 Å². The zero-order valence-electron chi connectivity index (χ0n) is 15.6. The monoisotopic (exact) mass is 374 g/mol. The van der Waals surface area contributed by atoms with E-state index in [4.69, 9.17) is 0 Å².